The number of nitrogens with zero attached hydrogens (tertiary/aromatic N) is 1. The fraction of sp³-hybridized carbons (Fsp3) is 0.778. The zero-order chi connectivity index (χ0) is 9.47. The number of rotatable bonds is 1. The van der Waals surface area contributed by atoms with Gasteiger partial charge in [-0.15, -0.1) is 0 Å². The monoisotopic (exact) mass is 180 g/mol. The molecular weight excluding hydrogens is 168 g/mol. The average Bonchev–Trinajstić information content (AvgIpc) is 2.30. The molecule has 4 nitrogen and oxygen atoms in total. The molecule has 2 fully saturated rings. The summed E-state index contributed by atoms with van der Waals surface area (Å²) in [5.41, 5.74) is -0.821. The molecular formula is C9H12N2O2. The van der Waals surface area contributed by atoms with Gasteiger partial charge < -0.3 is 10.1 Å². The Bertz CT molecular complexity index is 280. The lowest BCUT2D eigenvalue weighted by molar-refractivity contribution is -0.141. The maximum Gasteiger partial charge on any atom is 0.241 e. The van der Waals surface area contributed by atoms with E-state index >= 15 is 0 Å². The predicted molar refractivity (Wildman–Crippen MR) is 44.5 cm³/mol. The first-order valence-corrected chi connectivity index (χ1v) is 4.49. The van der Waals surface area contributed by atoms with E-state index in [9.17, 15) is 4.79 Å². The van der Waals surface area contributed by atoms with E-state index in [1.165, 1.54) is 0 Å². The summed E-state index contributed by atoms with van der Waals surface area (Å²) in [7, 11) is 0. The summed E-state index contributed by atoms with van der Waals surface area (Å²) in [4.78, 5) is 11.6. The molecule has 2 saturated heterocycles. The highest BCUT2D eigenvalue weighted by molar-refractivity contribution is 5.88. The molecule has 2 atom stereocenters. The second-order valence-electron chi connectivity index (χ2n) is 3.83. The Morgan fingerprint density at radius 2 is 2.38 bits per heavy atom. The van der Waals surface area contributed by atoms with Gasteiger partial charge in [-0.05, 0) is 0 Å². The lowest BCUT2D eigenvalue weighted by Crippen LogP contribution is -2.49. The smallest absolute Gasteiger partial charge is 0.241 e. The lowest BCUT2D eigenvalue weighted by atomic mass is 9.68. The zero-order valence-electron chi connectivity index (χ0n) is 7.54. The molecule has 1 amide bonds. The summed E-state index contributed by atoms with van der Waals surface area (Å²) >= 11 is 0. The van der Waals surface area contributed by atoms with Gasteiger partial charge in [0.2, 0.25) is 5.91 Å². The molecule has 0 aliphatic carbocycles. The first-order chi connectivity index (χ1) is 6.21. The lowest BCUT2D eigenvalue weighted by Gasteiger charge is -2.37. The van der Waals surface area contributed by atoms with Gasteiger partial charge in [0.15, 0.2) is 0 Å². The van der Waals surface area contributed by atoms with Crippen LogP contribution in [0.3, 0.4) is 0 Å². The highest BCUT2D eigenvalue weighted by Gasteiger charge is 2.56. The fourth-order valence-electron chi connectivity index (χ4n) is 2.12. The number of hydrogen-bond donors (Lipinski definition) is 1. The van der Waals surface area contributed by atoms with Crippen LogP contribution in [-0.4, -0.2) is 25.7 Å². The highest BCUT2D eigenvalue weighted by Crippen LogP contribution is 2.42. The van der Waals surface area contributed by atoms with Gasteiger partial charge in [-0.2, -0.15) is 5.26 Å². The SMILES string of the molecule is CC1CNC(=O)[C@@]1(C#N)C1COC1. The largest absolute Gasteiger partial charge is 0.381 e. The number of hydrogen-bond acceptors (Lipinski definition) is 3. The Balaban J connectivity index is 2.32. The van der Waals surface area contributed by atoms with E-state index in [0.717, 1.165) is 0 Å². The van der Waals surface area contributed by atoms with Crippen LogP contribution in [0.15, 0.2) is 0 Å². The van der Waals surface area contributed by atoms with Gasteiger partial charge in [-0.3, -0.25) is 4.79 Å². The number of ether oxygens (including phenoxy) is 1. The van der Waals surface area contributed by atoms with Crippen LogP contribution in [0.5, 0.6) is 0 Å². The fourth-order valence-corrected chi connectivity index (χ4v) is 2.12. The minimum Gasteiger partial charge on any atom is -0.381 e. The molecule has 70 valence electrons. The predicted octanol–water partition coefficient (Wildman–Crippen LogP) is -0.0913. The van der Waals surface area contributed by atoms with Crippen LogP contribution in [0.1, 0.15) is 6.92 Å². The Kier molecular flexibility index (Phi) is 1.77. The zero-order valence-corrected chi connectivity index (χ0v) is 7.54. The summed E-state index contributed by atoms with van der Waals surface area (Å²) < 4.78 is 5.04. The maximum absolute atomic E-state index is 11.6. The van der Waals surface area contributed by atoms with Gasteiger partial charge >= 0.3 is 0 Å². The van der Waals surface area contributed by atoms with Crippen molar-refractivity contribution < 1.29 is 9.53 Å². The molecule has 0 aromatic rings. The van der Waals surface area contributed by atoms with Crippen LogP contribution in [0, 0.1) is 28.6 Å². The molecule has 1 unspecified atom stereocenters. The summed E-state index contributed by atoms with van der Waals surface area (Å²) in [6.07, 6.45) is 0. The van der Waals surface area contributed by atoms with Crippen molar-refractivity contribution in [1.82, 2.24) is 5.32 Å². The topological polar surface area (TPSA) is 62.1 Å². The Labute approximate surface area is 76.9 Å². The second-order valence-corrected chi connectivity index (χ2v) is 3.83. The van der Waals surface area contributed by atoms with Crippen molar-refractivity contribution in [1.29, 1.82) is 5.26 Å². The maximum atomic E-state index is 11.6. The molecule has 2 aliphatic rings. The normalized spacial score (nSPS) is 39.4. The number of carbonyl (C=O) groups is 1. The molecule has 0 aromatic carbocycles. The number of amides is 1. The van der Waals surface area contributed by atoms with E-state index in [0.29, 0.717) is 19.8 Å². The number of nitrogens with one attached hydrogen (secondary N) is 1. The second kappa shape index (κ2) is 2.71. The number of carbonyl (C=O) groups excluding carboxylic acids is 1. The van der Waals surface area contributed by atoms with Crippen molar-refractivity contribution in [2.24, 2.45) is 17.3 Å². The van der Waals surface area contributed by atoms with Crippen LogP contribution < -0.4 is 5.32 Å². The molecule has 2 aliphatic heterocycles. The van der Waals surface area contributed by atoms with Gasteiger partial charge in [0.1, 0.15) is 5.41 Å². The Morgan fingerprint density at radius 3 is 2.69 bits per heavy atom. The molecule has 0 aromatic heterocycles. The number of nitriles is 1. The molecule has 1 N–H and O–H groups in total. The van der Waals surface area contributed by atoms with E-state index in [-0.39, 0.29) is 17.7 Å². The first-order valence-electron chi connectivity index (χ1n) is 4.49. The molecule has 0 saturated carbocycles. The van der Waals surface area contributed by atoms with Crippen molar-refractivity contribution in [3.63, 3.8) is 0 Å². The van der Waals surface area contributed by atoms with Crippen LogP contribution >= 0.6 is 0 Å². The summed E-state index contributed by atoms with van der Waals surface area (Å²) in [5, 5.41) is 11.9. The van der Waals surface area contributed by atoms with Gasteiger partial charge in [0.05, 0.1) is 19.3 Å². The van der Waals surface area contributed by atoms with Gasteiger partial charge in [0, 0.05) is 18.4 Å². The minimum absolute atomic E-state index is 0.0926. The van der Waals surface area contributed by atoms with Crippen LogP contribution in [-0.2, 0) is 9.53 Å². The Morgan fingerprint density at radius 1 is 1.69 bits per heavy atom. The van der Waals surface area contributed by atoms with Crippen molar-refractivity contribution >= 4 is 5.91 Å². The summed E-state index contributed by atoms with van der Waals surface area (Å²) in [6, 6.07) is 2.19. The van der Waals surface area contributed by atoms with E-state index in [1.807, 2.05) is 6.92 Å². The van der Waals surface area contributed by atoms with Crippen molar-refractivity contribution in [3.8, 4) is 6.07 Å². The van der Waals surface area contributed by atoms with E-state index < -0.39 is 5.41 Å². The average molecular weight is 180 g/mol. The standard InChI is InChI=1S/C9H12N2O2/c1-6-2-11-8(12)9(6,5-10)7-3-13-4-7/h6-7H,2-4H2,1H3,(H,11,12)/t6?,9-/m1/s1. The van der Waals surface area contributed by atoms with Gasteiger partial charge in [0.25, 0.3) is 0 Å². The highest BCUT2D eigenvalue weighted by atomic mass is 16.5. The molecule has 0 radical (unpaired) electrons. The van der Waals surface area contributed by atoms with Crippen molar-refractivity contribution in [2.45, 2.75) is 6.92 Å². The van der Waals surface area contributed by atoms with Crippen molar-refractivity contribution in [2.75, 3.05) is 19.8 Å². The molecule has 13 heavy (non-hydrogen) atoms. The van der Waals surface area contributed by atoms with Gasteiger partial charge in [-0.25, -0.2) is 0 Å². The van der Waals surface area contributed by atoms with Crippen molar-refractivity contribution in [3.05, 3.63) is 0 Å². The van der Waals surface area contributed by atoms with E-state index in [4.69, 9.17) is 10.00 Å². The molecule has 0 spiro atoms. The van der Waals surface area contributed by atoms with E-state index in [1.54, 1.807) is 0 Å². The molecule has 0 bridgehead atoms. The van der Waals surface area contributed by atoms with E-state index in [2.05, 4.69) is 11.4 Å². The quantitative estimate of drug-likeness (QED) is 0.613. The van der Waals surface area contributed by atoms with Crippen LogP contribution in [0.2, 0.25) is 0 Å². The summed E-state index contributed by atoms with van der Waals surface area (Å²) in [6.45, 7) is 3.65. The first kappa shape index (κ1) is 8.52. The molecule has 2 heterocycles. The van der Waals surface area contributed by atoms with Gasteiger partial charge in [-0.1, -0.05) is 6.92 Å². The Hall–Kier alpha value is -1.08. The third-order valence-electron chi connectivity index (χ3n) is 3.19. The van der Waals surface area contributed by atoms with Crippen LogP contribution in [0.25, 0.3) is 0 Å². The minimum atomic E-state index is -0.821. The van der Waals surface area contributed by atoms with Crippen LogP contribution in [0.4, 0.5) is 0 Å². The third-order valence-corrected chi connectivity index (χ3v) is 3.19. The summed E-state index contributed by atoms with van der Waals surface area (Å²) in [5.74, 6) is 0.0738. The third kappa shape index (κ3) is 0.909. The molecule has 4 heteroatoms. The molecule has 2 rings (SSSR count).